The van der Waals surface area contributed by atoms with Crippen molar-refractivity contribution in [3.8, 4) is 23.1 Å². The highest BCUT2D eigenvalue weighted by Crippen LogP contribution is 2.35. The Morgan fingerprint density at radius 3 is 1.72 bits per heavy atom. The maximum Gasteiger partial charge on any atom is 0.387 e. The van der Waals surface area contributed by atoms with E-state index in [1.807, 2.05) is 53.4 Å². The lowest BCUT2D eigenvalue weighted by Gasteiger charge is -2.24. The van der Waals surface area contributed by atoms with Crippen LogP contribution in [0.1, 0.15) is 11.1 Å². The van der Waals surface area contributed by atoms with E-state index in [0.717, 1.165) is 22.6 Å². The van der Waals surface area contributed by atoms with Crippen LogP contribution in [0.2, 0.25) is 5.15 Å². The minimum absolute atomic E-state index is 0.185. The van der Waals surface area contributed by atoms with E-state index in [9.17, 15) is 8.78 Å². The lowest BCUT2D eigenvalue weighted by atomic mass is 10.1. The molecule has 0 spiro atoms. The summed E-state index contributed by atoms with van der Waals surface area (Å²) in [5, 5.41) is -0.276. The van der Waals surface area contributed by atoms with Gasteiger partial charge < -0.3 is 23.8 Å². The van der Waals surface area contributed by atoms with E-state index in [4.69, 9.17) is 25.8 Å². The standard InChI is InChI=1S/C22H22ClF2N3O4/c1-29-16-8-4-14(5-9-16)12-28(13-15-6-10-17(30-2)11-7-15)22-26-19(23)18(32-21(24)25)20(27-22)31-3/h4-11,21H,12-13H2,1-3H3. The van der Waals surface area contributed by atoms with Crippen LogP contribution in [0.3, 0.4) is 0 Å². The fourth-order valence-electron chi connectivity index (χ4n) is 2.96. The van der Waals surface area contributed by atoms with E-state index in [0.29, 0.717) is 13.1 Å². The van der Waals surface area contributed by atoms with Crippen LogP contribution in [0.5, 0.6) is 23.1 Å². The SMILES string of the molecule is COc1ccc(CN(Cc2ccc(OC)cc2)c2nc(Cl)c(OC(F)F)c(OC)n2)cc1. The van der Waals surface area contributed by atoms with Crippen LogP contribution in [0.25, 0.3) is 0 Å². The van der Waals surface area contributed by atoms with Crippen molar-refractivity contribution in [3.63, 3.8) is 0 Å². The molecular weight excluding hydrogens is 444 g/mol. The van der Waals surface area contributed by atoms with E-state index in [-0.39, 0.29) is 17.0 Å². The maximum atomic E-state index is 12.8. The smallest absolute Gasteiger partial charge is 0.387 e. The number of halogens is 3. The first kappa shape index (κ1) is 23.3. The quantitative estimate of drug-likeness (QED) is 0.392. The molecule has 170 valence electrons. The van der Waals surface area contributed by atoms with Gasteiger partial charge in [-0.05, 0) is 35.4 Å². The predicted octanol–water partition coefficient (Wildman–Crippen LogP) is 4.96. The molecular formula is C22H22ClF2N3O4. The first-order valence-corrected chi connectivity index (χ1v) is 9.88. The summed E-state index contributed by atoms with van der Waals surface area (Å²) in [7, 11) is 4.48. The molecule has 3 aromatic rings. The molecule has 0 amide bonds. The summed E-state index contributed by atoms with van der Waals surface area (Å²) in [6.07, 6.45) is 0. The molecule has 3 rings (SSSR count). The second-order valence-electron chi connectivity index (χ2n) is 6.58. The van der Waals surface area contributed by atoms with Gasteiger partial charge in [0.15, 0.2) is 5.15 Å². The van der Waals surface area contributed by atoms with E-state index >= 15 is 0 Å². The van der Waals surface area contributed by atoms with Crippen molar-refractivity contribution in [3.05, 3.63) is 64.8 Å². The van der Waals surface area contributed by atoms with Crippen molar-refractivity contribution in [1.29, 1.82) is 0 Å². The Kier molecular flexibility index (Phi) is 7.88. The van der Waals surface area contributed by atoms with Crippen LogP contribution in [0.15, 0.2) is 48.5 Å². The number of rotatable bonds is 10. The van der Waals surface area contributed by atoms with Gasteiger partial charge in [-0.1, -0.05) is 35.9 Å². The molecule has 0 saturated carbocycles. The second-order valence-corrected chi connectivity index (χ2v) is 6.94. The van der Waals surface area contributed by atoms with Crippen LogP contribution in [-0.4, -0.2) is 37.9 Å². The lowest BCUT2D eigenvalue weighted by Crippen LogP contribution is -2.25. The number of anilines is 1. The number of aromatic nitrogens is 2. The zero-order valence-electron chi connectivity index (χ0n) is 17.7. The fraction of sp³-hybridized carbons (Fsp3) is 0.273. The normalized spacial score (nSPS) is 10.7. The average molecular weight is 466 g/mol. The Hall–Kier alpha value is -3.33. The first-order valence-electron chi connectivity index (χ1n) is 9.50. The second kappa shape index (κ2) is 10.8. The third-order valence-corrected chi connectivity index (χ3v) is 4.79. The molecule has 0 atom stereocenters. The molecule has 1 heterocycles. The topological polar surface area (TPSA) is 65.9 Å². The molecule has 7 nitrogen and oxygen atoms in total. The zero-order chi connectivity index (χ0) is 23.1. The number of hydrogen-bond acceptors (Lipinski definition) is 7. The van der Waals surface area contributed by atoms with Crippen LogP contribution < -0.4 is 23.8 Å². The van der Waals surface area contributed by atoms with E-state index in [1.54, 1.807) is 14.2 Å². The van der Waals surface area contributed by atoms with E-state index < -0.39 is 12.4 Å². The van der Waals surface area contributed by atoms with Gasteiger partial charge in [0.2, 0.25) is 11.7 Å². The Labute approximate surface area is 189 Å². The number of methoxy groups -OCH3 is 3. The third-order valence-electron chi connectivity index (χ3n) is 4.53. The van der Waals surface area contributed by atoms with Gasteiger partial charge in [-0.15, -0.1) is 0 Å². The van der Waals surface area contributed by atoms with Gasteiger partial charge in [0.05, 0.1) is 21.3 Å². The Morgan fingerprint density at radius 1 is 0.812 bits per heavy atom. The molecule has 0 bridgehead atoms. The van der Waals surface area contributed by atoms with Crippen molar-refractivity contribution >= 4 is 17.5 Å². The maximum absolute atomic E-state index is 12.8. The van der Waals surface area contributed by atoms with Crippen LogP contribution in [-0.2, 0) is 13.1 Å². The largest absolute Gasteiger partial charge is 0.497 e. The minimum Gasteiger partial charge on any atom is -0.497 e. The number of alkyl halides is 2. The van der Waals surface area contributed by atoms with Gasteiger partial charge in [0, 0.05) is 13.1 Å². The summed E-state index contributed by atoms with van der Waals surface area (Å²) >= 11 is 6.14. The van der Waals surface area contributed by atoms with Crippen LogP contribution >= 0.6 is 11.6 Å². The van der Waals surface area contributed by atoms with Crippen molar-refractivity contribution in [2.45, 2.75) is 19.7 Å². The summed E-state index contributed by atoms with van der Waals surface area (Å²) in [6.45, 7) is -2.28. The van der Waals surface area contributed by atoms with Crippen molar-refractivity contribution in [2.24, 2.45) is 0 Å². The third kappa shape index (κ3) is 5.88. The molecule has 2 aromatic carbocycles. The predicted molar refractivity (Wildman–Crippen MR) is 116 cm³/mol. The molecule has 0 saturated heterocycles. The Balaban J connectivity index is 1.97. The van der Waals surface area contributed by atoms with Gasteiger partial charge in [-0.25, -0.2) is 0 Å². The number of ether oxygens (including phenoxy) is 4. The van der Waals surface area contributed by atoms with Gasteiger partial charge in [-0.3, -0.25) is 0 Å². The highest BCUT2D eigenvalue weighted by molar-refractivity contribution is 6.31. The number of hydrogen-bond donors (Lipinski definition) is 0. The molecule has 10 heteroatoms. The summed E-state index contributed by atoms with van der Waals surface area (Å²) in [6, 6.07) is 15.0. The Morgan fingerprint density at radius 2 is 1.31 bits per heavy atom. The van der Waals surface area contributed by atoms with Crippen molar-refractivity contribution in [1.82, 2.24) is 9.97 Å². The number of benzene rings is 2. The van der Waals surface area contributed by atoms with Gasteiger partial charge in [-0.2, -0.15) is 18.7 Å². The van der Waals surface area contributed by atoms with Gasteiger partial charge in [0.1, 0.15) is 11.5 Å². The van der Waals surface area contributed by atoms with Gasteiger partial charge in [0.25, 0.3) is 5.88 Å². The van der Waals surface area contributed by atoms with Gasteiger partial charge >= 0.3 is 6.61 Å². The molecule has 0 fully saturated rings. The lowest BCUT2D eigenvalue weighted by molar-refractivity contribution is -0.0517. The van der Waals surface area contributed by atoms with Crippen molar-refractivity contribution in [2.75, 3.05) is 26.2 Å². The molecule has 0 aliphatic heterocycles. The highest BCUT2D eigenvalue weighted by Gasteiger charge is 2.22. The summed E-state index contributed by atoms with van der Waals surface area (Å²) in [5.74, 6) is 1.05. The molecule has 0 aliphatic carbocycles. The van der Waals surface area contributed by atoms with Crippen molar-refractivity contribution < 1.29 is 27.7 Å². The zero-order valence-corrected chi connectivity index (χ0v) is 18.5. The molecule has 0 unspecified atom stereocenters. The summed E-state index contributed by atoms with van der Waals surface area (Å²) < 4.78 is 45.5. The molecule has 0 N–H and O–H groups in total. The molecule has 0 radical (unpaired) electrons. The molecule has 1 aromatic heterocycles. The molecule has 0 aliphatic rings. The average Bonchev–Trinajstić information content (AvgIpc) is 2.80. The summed E-state index contributed by atoms with van der Waals surface area (Å²) in [4.78, 5) is 10.3. The minimum atomic E-state index is -3.09. The molecule has 32 heavy (non-hydrogen) atoms. The monoisotopic (exact) mass is 465 g/mol. The summed E-state index contributed by atoms with van der Waals surface area (Å²) in [5.41, 5.74) is 1.90. The Bertz CT molecular complexity index is 971. The first-order chi connectivity index (χ1) is 15.4. The van der Waals surface area contributed by atoms with E-state index in [2.05, 4.69) is 14.7 Å². The van der Waals surface area contributed by atoms with E-state index in [1.165, 1.54) is 7.11 Å². The highest BCUT2D eigenvalue weighted by atomic mass is 35.5. The van der Waals surface area contributed by atoms with Crippen LogP contribution in [0.4, 0.5) is 14.7 Å². The number of nitrogens with zero attached hydrogens (tertiary/aromatic N) is 3. The fourth-order valence-corrected chi connectivity index (χ4v) is 3.16. The van der Waals surface area contributed by atoms with Crippen LogP contribution in [0, 0.1) is 0 Å².